The monoisotopic (exact) mass is 260 g/mol. The van der Waals surface area contributed by atoms with E-state index in [2.05, 4.69) is 62.3 Å². The largest absolute Gasteiger partial charge is 0.127 e. The van der Waals surface area contributed by atoms with Crippen molar-refractivity contribution in [3.05, 3.63) is 0 Å². The Hall–Kier alpha value is 0.290. The van der Waals surface area contributed by atoms with Crippen LogP contribution in [0.25, 0.3) is 0 Å². The minimum Gasteiger partial charge on any atom is -0.127 e. The third kappa shape index (κ3) is 3.19. The van der Waals surface area contributed by atoms with Crippen LogP contribution in [0.15, 0.2) is 0 Å². The van der Waals surface area contributed by atoms with Gasteiger partial charge in [0.1, 0.15) is 0 Å². The Balaban J connectivity index is 5.75. The highest BCUT2D eigenvalue weighted by molar-refractivity contribution is 6.17. The van der Waals surface area contributed by atoms with Gasteiger partial charge < -0.3 is 0 Å². The number of alkyl halides is 1. The minimum absolute atomic E-state index is 0.273. The van der Waals surface area contributed by atoms with Crippen LogP contribution in [0, 0.1) is 21.7 Å². The first-order valence-electron chi connectivity index (χ1n) is 6.87. The maximum Gasteiger partial charge on any atom is 0.0223 e. The Morgan fingerprint density at radius 2 is 0.941 bits per heavy atom. The minimum atomic E-state index is 0.273. The van der Waals surface area contributed by atoms with Crippen LogP contribution >= 0.6 is 11.6 Å². The van der Waals surface area contributed by atoms with Gasteiger partial charge in [0.05, 0.1) is 0 Å². The van der Waals surface area contributed by atoms with E-state index in [1.807, 2.05) is 0 Å². The van der Waals surface area contributed by atoms with Gasteiger partial charge in [-0.3, -0.25) is 0 Å². The highest BCUT2D eigenvalue weighted by Crippen LogP contribution is 2.63. The Labute approximate surface area is 115 Å². The molecule has 1 heteroatoms. The van der Waals surface area contributed by atoms with Crippen molar-refractivity contribution < 1.29 is 0 Å². The van der Waals surface area contributed by atoms with E-state index < -0.39 is 0 Å². The van der Waals surface area contributed by atoms with Crippen LogP contribution in [-0.2, 0) is 0 Å². The van der Waals surface area contributed by atoms with Gasteiger partial charge in [0, 0.05) is 5.88 Å². The summed E-state index contributed by atoms with van der Waals surface area (Å²) in [6.45, 7) is 21.5. The number of halogens is 1. The molecule has 0 unspecified atom stereocenters. The highest BCUT2D eigenvalue weighted by Gasteiger charge is 2.56. The van der Waals surface area contributed by atoms with Gasteiger partial charge in [-0.1, -0.05) is 62.3 Å². The van der Waals surface area contributed by atoms with E-state index in [0.29, 0.717) is 0 Å². The fraction of sp³-hybridized carbons (Fsp3) is 1.00. The lowest BCUT2D eigenvalue weighted by Crippen LogP contribution is -2.54. The first-order valence-corrected chi connectivity index (χ1v) is 7.41. The van der Waals surface area contributed by atoms with Crippen molar-refractivity contribution in [3.63, 3.8) is 0 Å². The zero-order valence-corrected chi connectivity index (χ0v) is 14.3. The molecule has 0 aromatic heterocycles. The summed E-state index contributed by atoms with van der Waals surface area (Å²) in [5.74, 6) is 0.768. The smallest absolute Gasteiger partial charge is 0.0223 e. The zero-order valence-electron chi connectivity index (χ0n) is 13.5. The van der Waals surface area contributed by atoms with Crippen LogP contribution in [0.2, 0.25) is 0 Å². The van der Waals surface area contributed by atoms with E-state index in [1.165, 1.54) is 6.42 Å². The molecule has 0 radical (unpaired) electrons. The van der Waals surface area contributed by atoms with Crippen molar-refractivity contribution in [2.24, 2.45) is 21.7 Å². The molecule has 0 rings (SSSR count). The average molecular weight is 261 g/mol. The number of hydrogen-bond donors (Lipinski definition) is 0. The van der Waals surface area contributed by atoms with Crippen molar-refractivity contribution in [1.82, 2.24) is 0 Å². The fourth-order valence-electron chi connectivity index (χ4n) is 4.83. The second-order valence-corrected chi connectivity index (χ2v) is 8.83. The lowest BCUT2D eigenvalue weighted by atomic mass is 9.43. The van der Waals surface area contributed by atoms with Crippen molar-refractivity contribution >= 4 is 11.6 Å². The molecule has 0 aromatic rings. The van der Waals surface area contributed by atoms with Gasteiger partial charge >= 0.3 is 0 Å². The van der Waals surface area contributed by atoms with Crippen LogP contribution < -0.4 is 0 Å². The molecule has 17 heavy (non-hydrogen) atoms. The van der Waals surface area contributed by atoms with E-state index >= 15 is 0 Å². The SMILES string of the molecule is CC(C)(C)C(CCCCl)(C(C)(C)C)C(C)(C)C. The maximum atomic E-state index is 5.96. The molecule has 0 aliphatic rings. The summed E-state index contributed by atoms with van der Waals surface area (Å²) in [5.41, 5.74) is 1.10. The summed E-state index contributed by atoms with van der Waals surface area (Å²) < 4.78 is 0. The first kappa shape index (κ1) is 17.3. The van der Waals surface area contributed by atoms with Crippen molar-refractivity contribution in [2.45, 2.75) is 75.2 Å². The average Bonchev–Trinajstić information content (AvgIpc) is 1.96. The van der Waals surface area contributed by atoms with E-state index in [0.717, 1.165) is 12.3 Å². The second-order valence-electron chi connectivity index (χ2n) is 8.45. The topological polar surface area (TPSA) is 0 Å². The maximum absolute atomic E-state index is 5.96. The summed E-state index contributed by atoms with van der Waals surface area (Å²) in [6, 6.07) is 0. The molecule has 0 N–H and O–H groups in total. The third-order valence-corrected chi connectivity index (χ3v) is 4.79. The highest BCUT2D eigenvalue weighted by atomic mass is 35.5. The molecule has 0 heterocycles. The van der Waals surface area contributed by atoms with Gasteiger partial charge in [-0.25, -0.2) is 0 Å². The predicted octanol–water partition coefficient (Wildman–Crippen LogP) is 6.13. The molecule has 0 bridgehead atoms. The molecular formula is C16H33Cl. The third-order valence-electron chi connectivity index (χ3n) is 4.53. The predicted molar refractivity (Wildman–Crippen MR) is 80.8 cm³/mol. The van der Waals surface area contributed by atoms with Gasteiger partial charge in [-0.2, -0.15) is 0 Å². The molecule has 0 nitrogen and oxygen atoms in total. The quantitative estimate of drug-likeness (QED) is 0.536. The van der Waals surface area contributed by atoms with Gasteiger partial charge in [-0.15, -0.1) is 11.6 Å². The van der Waals surface area contributed by atoms with E-state index in [9.17, 15) is 0 Å². The van der Waals surface area contributed by atoms with Crippen molar-refractivity contribution in [3.8, 4) is 0 Å². The summed E-state index contributed by atoms with van der Waals surface area (Å²) in [5, 5.41) is 0. The van der Waals surface area contributed by atoms with Gasteiger partial charge in [-0.05, 0) is 34.5 Å². The van der Waals surface area contributed by atoms with E-state index in [-0.39, 0.29) is 21.7 Å². The van der Waals surface area contributed by atoms with Crippen LogP contribution in [0.1, 0.15) is 75.2 Å². The standard InChI is InChI=1S/C16H33Cl/c1-13(2,3)16(11-10-12-17,14(4,5)6)15(7,8)9/h10-12H2,1-9H3. The van der Waals surface area contributed by atoms with Crippen molar-refractivity contribution in [1.29, 1.82) is 0 Å². The summed E-state index contributed by atoms with van der Waals surface area (Å²) in [7, 11) is 0. The van der Waals surface area contributed by atoms with Crippen molar-refractivity contribution in [2.75, 3.05) is 5.88 Å². The molecule has 0 saturated carbocycles. The summed E-state index contributed by atoms with van der Waals surface area (Å²) in [6.07, 6.45) is 2.31. The Bertz CT molecular complexity index is 196. The molecule has 0 amide bonds. The molecule has 0 spiro atoms. The van der Waals surface area contributed by atoms with E-state index in [1.54, 1.807) is 0 Å². The molecule has 0 fully saturated rings. The van der Waals surface area contributed by atoms with Gasteiger partial charge in [0.25, 0.3) is 0 Å². The van der Waals surface area contributed by atoms with Crippen LogP contribution in [-0.4, -0.2) is 5.88 Å². The lowest BCUT2D eigenvalue weighted by Gasteiger charge is -2.61. The normalized spacial score (nSPS) is 15.2. The zero-order chi connectivity index (χ0) is 14.1. The lowest BCUT2D eigenvalue weighted by molar-refractivity contribution is -0.128. The first-order chi connectivity index (χ1) is 7.31. The van der Waals surface area contributed by atoms with E-state index in [4.69, 9.17) is 11.6 Å². The Morgan fingerprint density at radius 3 is 1.12 bits per heavy atom. The Morgan fingerprint density at radius 1 is 0.647 bits per heavy atom. The van der Waals surface area contributed by atoms with Crippen LogP contribution in [0.4, 0.5) is 0 Å². The van der Waals surface area contributed by atoms with Crippen LogP contribution in [0.3, 0.4) is 0 Å². The molecule has 0 aromatic carbocycles. The number of hydrogen-bond acceptors (Lipinski definition) is 0. The molecule has 0 atom stereocenters. The summed E-state index contributed by atoms with van der Waals surface area (Å²) >= 11 is 5.96. The van der Waals surface area contributed by atoms with Gasteiger partial charge in [0.2, 0.25) is 0 Å². The molecule has 0 aliphatic carbocycles. The van der Waals surface area contributed by atoms with Crippen LogP contribution in [0.5, 0.6) is 0 Å². The molecule has 104 valence electrons. The molecule has 0 saturated heterocycles. The van der Waals surface area contributed by atoms with Gasteiger partial charge in [0.15, 0.2) is 0 Å². The Kier molecular flexibility index (Phi) is 5.20. The molecular weight excluding hydrogens is 228 g/mol. The molecule has 0 aliphatic heterocycles. The summed E-state index contributed by atoms with van der Waals surface area (Å²) in [4.78, 5) is 0. The second kappa shape index (κ2) is 5.11. The fourth-order valence-corrected chi connectivity index (χ4v) is 4.97. The number of rotatable bonds is 3.